The Morgan fingerprint density at radius 2 is 1.81 bits per heavy atom. The predicted molar refractivity (Wildman–Crippen MR) is 79.1 cm³/mol. The van der Waals surface area contributed by atoms with E-state index in [0.717, 1.165) is 11.1 Å². The minimum Gasteiger partial charge on any atom is -0.394 e. The molecule has 1 unspecified atom stereocenters. The van der Waals surface area contributed by atoms with Gasteiger partial charge in [0.05, 0.1) is 12.1 Å². The third-order valence-electron chi connectivity index (χ3n) is 3.61. The number of halogens is 2. The standard InChI is InChI=1S/C17H19F2NO/c1-17(12-21,15-8-3-2-4-9-15)20-11-13-6-5-7-14(10-13)16(18)19/h2-10,16,20-21H,11-12H2,1H3. The van der Waals surface area contributed by atoms with Gasteiger partial charge in [0.1, 0.15) is 0 Å². The van der Waals surface area contributed by atoms with Crippen LogP contribution in [0.4, 0.5) is 8.78 Å². The van der Waals surface area contributed by atoms with Gasteiger partial charge in [0, 0.05) is 12.1 Å². The lowest BCUT2D eigenvalue weighted by atomic mass is 9.92. The fourth-order valence-electron chi connectivity index (χ4n) is 2.19. The highest BCUT2D eigenvalue weighted by Crippen LogP contribution is 2.22. The monoisotopic (exact) mass is 291 g/mol. The maximum Gasteiger partial charge on any atom is 0.263 e. The zero-order chi connectivity index (χ0) is 15.3. The number of aliphatic hydroxyl groups is 1. The van der Waals surface area contributed by atoms with E-state index in [0.29, 0.717) is 6.54 Å². The van der Waals surface area contributed by atoms with Crippen LogP contribution in [0, 0.1) is 0 Å². The summed E-state index contributed by atoms with van der Waals surface area (Å²) in [6.07, 6.45) is -2.47. The summed E-state index contributed by atoms with van der Waals surface area (Å²) >= 11 is 0. The molecule has 1 atom stereocenters. The summed E-state index contributed by atoms with van der Waals surface area (Å²) in [6.45, 7) is 2.22. The minimum atomic E-state index is -2.47. The molecular weight excluding hydrogens is 272 g/mol. The SMILES string of the molecule is CC(CO)(NCc1cccc(C(F)F)c1)c1ccccc1. The van der Waals surface area contributed by atoms with Gasteiger partial charge in [-0.05, 0) is 24.1 Å². The van der Waals surface area contributed by atoms with E-state index < -0.39 is 12.0 Å². The summed E-state index contributed by atoms with van der Waals surface area (Å²) in [5.41, 5.74) is 1.13. The first kappa shape index (κ1) is 15.6. The van der Waals surface area contributed by atoms with Crippen molar-refractivity contribution in [2.24, 2.45) is 0 Å². The molecular formula is C17H19F2NO. The van der Waals surface area contributed by atoms with Crippen LogP contribution in [0.3, 0.4) is 0 Å². The van der Waals surface area contributed by atoms with Crippen molar-refractivity contribution in [2.45, 2.75) is 25.4 Å². The highest BCUT2D eigenvalue weighted by atomic mass is 19.3. The number of rotatable bonds is 6. The minimum absolute atomic E-state index is 0.0136. The van der Waals surface area contributed by atoms with Gasteiger partial charge in [0.15, 0.2) is 0 Å². The molecule has 0 saturated heterocycles. The number of hydrogen-bond acceptors (Lipinski definition) is 2. The maximum absolute atomic E-state index is 12.7. The van der Waals surface area contributed by atoms with E-state index in [1.165, 1.54) is 12.1 Å². The summed E-state index contributed by atoms with van der Waals surface area (Å²) in [4.78, 5) is 0. The summed E-state index contributed by atoms with van der Waals surface area (Å²) in [5, 5.41) is 12.9. The molecule has 0 aliphatic carbocycles. The van der Waals surface area contributed by atoms with Gasteiger partial charge in [-0.2, -0.15) is 0 Å². The molecule has 2 aromatic carbocycles. The summed E-state index contributed by atoms with van der Waals surface area (Å²) < 4.78 is 25.4. The number of nitrogens with one attached hydrogen (secondary N) is 1. The first-order valence-corrected chi connectivity index (χ1v) is 6.83. The van der Waals surface area contributed by atoms with E-state index >= 15 is 0 Å². The van der Waals surface area contributed by atoms with Crippen LogP contribution in [0.15, 0.2) is 54.6 Å². The van der Waals surface area contributed by atoms with E-state index in [1.807, 2.05) is 37.3 Å². The van der Waals surface area contributed by atoms with Crippen LogP contribution >= 0.6 is 0 Å². The van der Waals surface area contributed by atoms with Crippen molar-refractivity contribution in [1.29, 1.82) is 0 Å². The second kappa shape index (κ2) is 6.78. The van der Waals surface area contributed by atoms with Crippen LogP contribution in [-0.4, -0.2) is 11.7 Å². The topological polar surface area (TPSA) is 32.3 Å². The molecule has 0 saturated carbocycles. The van der Waals surface area contributed by atoms with Crippen LogP contribution in [0.5, 0.6) is 0 Å². The molecule has 0 radical (unpaired) electrons. The van der Waals surface area contributed by atoms with Crippen molar-refractivity contribution >= 4 is 0 Å². The Labute approximate surface area is 123 Å². The summed E-state index contributed by atoms with van der Waals surface area (Å²) in [5.74, 6) is 0. The van der Waals surface area contributed by atoms with Crippen molar-refractivity contribution in [3.8, 4) is 0 Å². The van der Waals surface area contributed by atoms with E-state index in [9.17, 15) is 13.9 Å². The van der Waals surface area contributed by atoms with E-state index in [1.54, 1.807) is 12.1 Å². The molecule has 0 aromatic heterocycles. The Morgan fingerprint density at radius 3 is 2.43 bits per heavy atom. The van der Waals surface area contributed by atoms with Gasteiger partial charge in [-0.3, -0.25) is 0 Å². The van der Waals surface area contributed by atoms with Crippen LogP contribution in [0.1, 0.15) is 30.0 Å². The van der Waals surface area contributed by atoms with Crippen LogP contribution in [0.25, 0.3) is 0 Å². The van der Waals surface area contributed by atoms with Crippen LogP contribution in [-0.2, 0) is 12.1 Å². The zero-order valence-corrected chi connectivity index (χ0v) is 11.9. The van der Waals surface area contributed by atoms with E-state index in [2.05, 4.69) is 5.32 Å². The molecule has 2 rings (SSSR count). The Kier molecular flexibility index (Phi) is 5.04. The largest absolute Gasteiger partial charge is 0.394 e. The van der Waals surface area contributed by atoms with Crippen molar-refractivity contribution < 1.29 is 13.9 Å². The Balaban J connectivity index is 2.12. The third-order valence-corrected chi connectivity index (χ3v) is 3.61. The molecule has 4 heteroatoms. The van der Waals surface area contributed by atoms with Gasteiger partial charge in [0.25, 0.3) is 6.43 Å². The van der Waals surface area contributed by atoms with Crippen LogP contribution in [0.2, 0.25) is 0 Å². The zero-order valence-electron chi connectivity index (χ0n) is 11.9. The fraction of sp³-hybridized carbons (Fsp3) is 0.294. The molecule has 0 fully saturated rings. The second-order valence-electron chi connectivity index (χ2n) is 5.26. The van der Waals surface area contributed by atoms with Crippen molar-refractivity contribution in [3.63, 3.8) is 0 Å². The number of aliphatic hydroxyl groups excluding tert-OH is 1. The Hall–Kier alpha value is -1.78. The number of hydrogen-bond donors (Lipinski definition) is 2. The normalized spacial score (nSPS) is 14.1. The number of alkyl halides is 2. The van der Waals surface area contributed by atoms with Gasteiger partial charge in [-0.25, -0.2) is 8.78 Å². The van der Waals surface area contributed by atoms with Crippen molar-refractivity contribution in [2.75, 3.05) is 6.61 Å². The highest BCUT2D eigenvalue weighted by Gasteiger charge is 2.24. The van der Waals surface area contributed by atoms with Gasteiger partial charge in [-0.15, -0.1) is 0 Å². The lowest BCUT2D eigenvalue weighted by molar-refractivity contribution is 0.151. The molecule has 0 amide bonds. The lowest BCUT2D eigenvalue weighted by Crippen LogP contribution is -2.42. The van der Waals surface area contributed by atoms with Crippen LogP contribution < -0.4 is 5.32 Å². The Bertz CT molecular complexity index is 574. The van der Waals surface area contributed by atoms with Gasteiger partial charge in [0.2, 0.25) is 0 Å². The lowest BCUT2D eigenvalue weighted by Gasteiger charge is -2.29. The van der Waals surface area contributed by atoms with Crippen molar-refractivity contribution in [1.82, 2.24) is 5.32 Å². The molecule has 21 heavy (non-hydrogen) atoms. The van der Waals surface area contributed by atoms with Crippen molar-refractivity contribution in [3.05, 3.63) is 71.3 Å². The quantitative estimate of drug-likeness (QED) is 0.852. The van der Waals surface area contributed by atoms with Gasteiger partial charge >= 0.3 is 0 Å². The maximum atomic E-state index is 12.7. The third kappa shape index (κ3) is 3.86. The molecule has 112 valence electrons. The number of benzene rings is 2. The average Bonchev–Trinajstić information content (AvgIpc) is 2.53. The fourth-order valence-corrected chi connectivity index (χ4v) is 2.19. The van der Waals surface area contributed by atoms with Gasteiger partial charge in [-0.1, -0.05) is 48.5 Å². The highest BCUT2D eigenvalue weighted by molar-refractivity contribution is 5.26. The molecule has 0 spiro atoms. The first-order chi connectivity index (χ1) is 10.0. The van der Waals surface area contributed by atoms with E-state index in [4.69, 9.17) is 0 Å². The first-order valence-electron chi connectivity index (χ1n) is 6.83. The van der Waals surface area contributed by atoms with Gasteiger partial charge < -0.3 is 10.4 Å². The molecule has 2 nitrogen and oxygen atoms in total. The Morgan fingerprint density at radius 1 is 1.10 bits per heavy atom. The molecule has 2 aromatic rings. The molecule has 0 bridgehead atoms. The molecule has 0 heterocycles. The molecule has 0 aliphatic heterocycles. The summed E-state index contributed by atoms with van der Waals surface area (Å²) in [7, 11) is 0. The summed E-state index contributed by atoms with van der Waals surface area (Å²) in [6, 6.07) is 15.9. The molecule has 0 aliphatic rings. The average molecular weight is 291 g/mol. The smallest absolute Gasteiger partial charge is 0.263 e. The second-order valence-corrected chi connectivity index (χ2v) is 5.26. The van der Waals surface area contributed by atoms with E-state index in [-0.39, 0.29) is 12.2 Å². The molecule has 2 N–H and O–H groups in total. The predicted octanol–water partition coefficient (Wildman–Crippen LogP) is 3.62.